The van der Waals surface area contributed by atoms with E-state index in [0.29, 0.717) is 13.1 Å². The average Bonchev–Trinajstić information content (AvgIpc) is 2.46. The Morgan fingerprint density at radius 3 is 2.76 bits per heavy atom. The Hall–Kier alpha value is -1.86. The van der Waals surface area contributed by atoms with Gasteiger partial charge in [-0.1, -0.05) is 0 Å². The Kier molecular flexibility index (Phi) is 4.34. The van der Waals surface area contributed by atoms with E-state index in [4.69, 9.17) is 0 Å². The van der Waals surface area contributed by atoms with Gasteiger partial charge in [0.05, 0.1) is 5.92 Å². The highest BCUT2D eigenvalue weighted by Crippen LogP contribution is 2.29. The van der Waals surface area contributed by atoms with E-state index in [9.17, 15) is 18.0 Å². The summed E-state index contributed by atoms with van der Waals surface area (Å²) in [5.74, 6) is -0.223. The standard InChI is InChI=1S/C13H17F3N4O/c1-19(2)11(21)9-4-3-7-20(8-9)12-17-6-5-10(18-12)13(14,15)16/h5-6,9H,3-4,7-8H2,1-2H3. The summed E-state index contributed by atoms with van der Waals surface area (Å²) < 4.78 is 38.0. The Labute approximate surface area is 120 Å². The van der Waals surface area contributed by atoms with E-state index in [0.717, 1.165) is 25.1 Å². The quantitative estimate of drug-likeness (QED) is 0.836. The van der Waals surface area contributed by atoms with Crippen molar-refractivity contribution in [2.75, 3.05) is 32.1 Å². The molecule has 116 valence electrons. The van der Waals surface area contributed by atoms with Gasteiger partial charge in [-0.15, -0.1) is 0 Å². The average molecular weight is 302 g/mol. The summed E-state index contributed by atoms with van der Waals surface area (Å²) in [6.45, 7) is 0.900. The van der Waals surface area contributed by atoms with Gasteiger partial charge in [-0.2, -0.15) is 13.2 Å². The van der Waals surface area contributed by atoms with Gasteiger partial charge in [0.2, 0.25) is 11.9 Å². The number of hydrogen-bond acceptors (Lipinski definition) is 4. The van der Waals surface area contributed by atoms with Crippen LogP contribution in [0.3, 0.4) is 0 Å². The molecule has 1 aliphatic rings. The lowest BCUT2D eigenvalue weighted by Gasteiger charge is -2.33. The third-order valence-corrected chi connectivity index (χ3v) is 3.43. The van der Waals surface area contributed by atoms with E-state index >= 15 is 0 Å². The molecule has 1 aliphatic heterocycles. The molecule has 0 spiro atoms. The molecule has 1 saturated heterocycles. The zero-order valence-corrected chi connectivity index (χ0v) is 11.9. The molecule has 1 aromatic heterocycles. The van der Waals surface area contributed by atoms with Crippen molar-refractivity contribution in [3.63, 3.8) is 0 Å². The summed E-state index contributed by atoms with van der Waals surface area (Å²) in [7, 11) is 3.34. The molecule has 0 bridgehead atoms. The molecule has 21 heavy (non-hydrogen) atoms. The number of nitrogens with zero attached hydrogens (tertiary/aromatic N) is 4. The van der Waals surface area contributed by atoms with Gasteiger partial charge >= 0.3 is 6.18 Å². The van der Waals surface area contributed by atoms with E-state index in [1.54, 1.807) is 19.0 Å². The summed E-state index contributed by atoms with van der Waals surface area (Å²) in [6, 6.07) is 0.843. The number of aromatic nitrogens is 2. The van der Waals surface area contributed by atoms with Gasteiger partial charge in [0.15, 0.2) is 0 Å². The summed E-state index contributed by atoms with van der Waals surface area (Å²) in [4.78, 5) is 22.6. The minimum absolute atomic E-state index is 0.0216. The minimum atomic E-state index is -4.49. The van der Waals surface area contributed by atoms with Gasteiger partial charge in [-0.05, 0) is 18.9 Å². The maximum atomic E-state index is 12.7. The third-order valence-electron chi connectivity index (χ3n) is 3.43. The van der Waals surface area contributed by atoms with Crippen molar-refractivity contribution in [1.82, 2.24) is 14.9 Å². The van der Waals surface area contributed by atoms with Gasteiger partial charge in [-0.3, -0.25) is 4.79 Å². The molecule has 0 aliphatic carbocycles. The molecule has 2 heterocycles. The Bertz CT molecular complexity index is 518. The van der Waals surface area contributed by atoms with Gasteiger partial charge in [0.1, 0.15) is 5.69 Å². The van der Waals surface area contributed by atoms with Crippen LogP contribution >= 0.6 is 0 Å². The monoisotopic (exact) mass is 302 g/mol. The number of amides is 1. The molecule has 1 aromatic rings. The Morgan fingerprint density at radius 1 is 1.43 bits per heavy atom. The van der Waals surface area contributed by atoms with E-state index in [2.05, 4.69) is 9.97 Å². The normalized spacial score (nSPS) is 19.5. The molecule has 1 atom stereocenters. The first-order valence-corrected chi connectivity index (χ1v) is 6.65. The summed E-state index contributed by atoms with van der Waals surface area (Å²) in [6.07, 6.45) is -1.94. The number of carbonyl (C=O) groups is 1. The van der Waals surface area contributed by atoms with Crippen LogP contribution in [0.25, 0.3) is 0 Å². The van der Waals surface area contributed by atoms with Crippen LogP contribution in [0.1, 0.15) is 18.5 Å². The maximum Gasteiger partial charge on any atom is 0.433 e. The maximum absolute atomic E-state index is 12.7. The fourth-order valence-electron chi connectivity index (χ4n) is 2.38. The van der Waals surface area contributed by atoms with Gasteiger partial charge in [0.25, 0.3) is 0 Å². The second-order valence-corrected chi connectivity index (χ2v) is 5.26. The van der Waals surface area contributed by atoms with Crippen molar-refractivity contribution in [3.05, 3.63) is 18.0 Å². The molecule has 2 rings (SSSR count). The van der Waals surface area contributed by atoms with Crippen molar-refractivity contribution in [3.8, 4) is 0 Å². The van der Waals surface area contributed by atoms with E-state index in [1.165, 1.54) is 4.90 Å². The predicted molar refractivity (Wildman–Crippen MR) is 70.7 cm³/mol. The number of alkyl halides is 3. The summed E-state index contributed by atoms with van der Waals surface area (Å²) in [5.41, 5.74) is -0.964. The number of rotatable bonds is 2. The number of anilines is 1. The predicted octanol–water partition coefficient (Wildman–Crippen LogP) is 1.80. The number of hydrogen-bond donors (Lipinski definition) is 0. The van der Waals surface area contributed by atoms with Crippen LogP contribution in [0.4, 0.5) is 19.1 Å². The highest BCUT2D eigenvalue weighted by molar-refractivity contribution is 5.79. The second-order valence-electron chi connectivity index (χ2n) is 5.26. The molecule has 0 saturated carbocycles. The minimum Gasteiger partial charge on any atom is -0.349 e. The molecule has 1 unspecified atom stereocenters. The Balaban J connectivity index is 2.16. The fraction of sp³-hybridized carbons (Fsp3) is 0.615. The van der Waals surface area contributed by atoms with Crippen LogP contribution in [-0.4, -0.2) is 48.0 Å². The molecule has 1 fully saturated rings. The van der Waals surface area contributed by atoms with Crippen LogP contribution in [0, 0.1) is 5.92 Å². The largest absolute Gasteiger partial charge is 0.433 e. The SMILES string of the molecule is CN(C)C(=O)C1CCCN(c2nccc(C(F)(F)F)n2)C1. The van der Waals surface area contributed by atoms with Crippen molar-refractivity contribution in [2.24, 2.45) is 5.92 Å². The first-order valence-electron chi connectivity index (χ1n) is 6.65. The lowest BCUT2D eigenvalue weighted by molar-refractivity contribution is -0.141. The highest BCUT2D eigenvalue weighted by Gasteiger charge is 2.34. The first-order chi connectivity index (χ1) is 9.79. The van der Waals surface area contributed by atoms with E-state index in [-0.39, 0.29) is 17.8 Å². The van der Waals surface area contributed by atoms with Crippen LogP contribution in [-0.2, 0) is 11.0 Å². The lowest BCUT2D eigenvalue weighted by Crippen LogP contribution is -2.43. The smallest absolute Gasteiger partial charge is 0.349 e. The topological polar surface area (TPSA) is 49.3 Å². The Morgan fingerprint density at radius 2 is 2.14 bits per heavy atom. The van der Waals surface area contributed by atoms with E-state index < -0.39 is 11.9 Å². The van der Waals surface area contributed by atoms with Crippen LogP contribution < -0.4 is 4.90 Å². The van der Waals surface area contributed by atoms with Gasteiger partial charge in [0, 0.05) is 33.4 Å². The van der Waals surface area contributed by atoms with Gasteiger partial charge < -0.3 is 9.80 Å². The van der Waals surface area contributed by atoms with Crippen molar-refractivity contribution < 1.29 is 18.0 Å². The summed E-state index contributed by atoms with van der Waals surface area (Å²) in [5, 5.41) is 0. The van der Waals surface area contributed by atoms with Crippen LogP contribution in [0.5, 0.6) is 0 Å². The second kappa shape index (κ2) is 5.87. The van der Waals surface area contributed by atoms with Crippen LogP contribution in [0.15, 0.2) is 12.3 Å². The molecule has 0 aromatic carbocycles. The zero-order valence-electron chi connectivity index (χ0n) is 11.9. The number of carbonyl (C=O) groups excluding carboxylic acids is 1. The van der Waals surface area contributed by atoms with E-state index in [1.807, 2.05) is 0 Å². The third kappa shape index (κ3) is 3.62. The molecule has 1 amide bonds. The van der Waals surface area contributed by atoms with Crippen molar-refractivity contribution in [1.29, 1.82) is 0 Å². The number of halogens is 3. The molecular formula is C13H17F3N4O. The number of piperidine rings is 1. The first kappa shape index (κ1) is 15.5. The van der Waals surface area contributed by atoms with Crippen LogP contribution in [0.2, 0.25) is 0 Å². The fourth-order valence-corrected chi connectivity index (χ4v) is 2.38. The van der Waals surface area contributed by atoms with Crippen molar-refractivity contribution in [2.45, 2.75) is 19.0 Å². The molecule has 8 heteroatoms. The lowest BCUT2D eigenvalue weighted by atomic mass is 9.97. The highest BCUT2D eigenvalue weighted by atomic mass is 19.4. The molecule has 5 nitrogen and oxygen atoms in total. The van der Waals surface area contributed by atoms with Crippen molar-refractivity contribution >= 4 is 11.9 Å². The summed E-state index contributed by atoms with van der Waals surface area (Å²) >= 11 is 0. The molecule has 0 radical (unpaired) electrons. The zero-order chi connectivity index (χ0) is 15.6. The molecular weight excluding hydrogens is 285 g/mol. The van der Waals surface area contributed by atoms with Gasteiger partial charge in [-0.25, -0.2) is 9.97 Å². The molecule has 0 N–H and O–H groups in total.